The Kier molecular flexibility index (Phi) is 4.06. The molecule has 0 spiro atoms. The minimum atomic E-state index is -0.105. The van der Waals surface area contributed by atoms with Crippen LogP contribution in [0.3, 0.4) is 0 Å². The molecule has 0 bridgehead atoms. The molecule has 0 saturated carbocycles. The molecule has 0 amide bonds. The topological polar surface area (TPSA) is 40.5 Å². The van der Waals surface area contributed by atoms with Crippen molar-refractivity contribution in [1.29, 1.82) is 0 Å². The van der Waals surface area contributed by atoms with Gasteiger partial charge in [0, 0.05) is 5.56 Å². The quantitative estimate of drug-likeness (QED) is 0.633. The highest BCUT2D eigenvalue weighted by atomic mass is 16.3. The predicted molar refractivity (Wildman–Crippen MR) is 99.3 cm³/mol. The van der Waals surface area contributed by atoms with E-state index in [0.717, 1.165) is 27.8 Å². The Labute approximate surface area is 143 Å². The van der Waals surface area contributed by atoms with Crippen molar-refractivity contribution in [1.82, 2.24) is 0 Å². The van der Waals surface area contributed by atoms with Gasteiger partial charge in [0.2, 0.25) is 0 Å². The highest BCUT2D eigenvalue weighted by molar-refractivity contribution is 5.75. The third-order valence-corrected chi connectivity index (χ3v) is 4.24. The van der Waals surface area contributed by atoms with Crippen molar-refractivity contribution < 1.29 is 10.2 Å². The van der Waals surface area contributed by atoms with Gasteiger partial charge in [-0.3, -0.25) is 0 Å². The van der Waals surface area contributed by atoms with Crippen LogP contribution in [0.1, 0.15) is 26.3 Å². The monoisotopic (exact) mass is 318 g/mol. The van der Waals surface area contributed by atoms with E-state index in [-0.39, 0.29) is 11.2 Å². The van der Waals surface area contributed by atoms with Gasteiger partial charge in [0.05, 0.1) is 0 Å². The second-order valence-electron chi connectivity index (χ2n) is 7.08. The first-order valence-electron chi connectivity index (χ1n) is 8.08. The maximum Gasteiger partial charge on any atom is 0.127 e. The Hall–Kier alpha value is -2.74. The first-order chi connectivity index (χ1) is 11.4. The summed E-state index contributed by atoms with van der Waals surface area (Å²) in [6.45, 7) is 6.29. The first kappa shape index (κ1) is 16.1. The summed E-state index contributed by atoms with van der Waals surface area (Å²) in [5, 5.41) is 20.1. The van der Waals surface area contributed by atoms with Crippen LogP contribution in [-0.4, -0.2) is 10.2 Å². The number of aromatic hydroxyl groups is 2. The SMILES string of the molecule is CC(C)(C)c1cccc(-c2ccc(-c3ccc(O)cc3)cc2)c1O. The van der Waals surface area contributed by atoms with Gasteiger partial charge in [0.25, 0.3) is 0 Å². The average molecular weight is 318 g/mol. The average Bonchev–Trinajstić information content (AvgIpc) is 2.55. The highest BCUT2D eigenvalue weighted by Crippen LogP contribution is 2.38. The lowest BCUT2D eigenvalue weighted by Crippen LogP contribution is -2.11. The van der Waals surface area contributed by atoms with E-state index in [2.05, 4.69) is 20.8 Å². The fraction of sp³-hybridized carbons (Fsp3) is 0.182. The van der Waals surface area contributed by atoms with Gasteiger partial charge in [-0.05, 0) is 39.8 Å². The van der Waals surface area contributed by atoms with Crippen molar-refractivity contribution in [2.45, 2.75) is 26.2 Å². The Morgan fingerprint density at radius 3 is 1.67 bits per heavy atom. The molecule has 0 atom stereocenters. The summed E-state index contributed by atoms with van der Waals surface area (Å²) in [7, 11) is 0. The van der Waals surface area contributed by atoms with E-state index in [1.807, 2.05) is 54.6 Å². The Morgan fingerprint density at radius 1 is 0.625 bits per heavy atom. The van der Waals surface area contributed by atoms with E-state index >= 15 is 0 Å². The summed E-state index contributed by atoms with van der Waals surface area (Å²) >= 11 is 0. The van der Waals surface area contributed by atoms with Gasteiger partial charge in [-0.15, -0.1) is 0 Å². The first-order valence-corrected chi connectivity index (χ1v) is 8.08. The molecule has 0 aliphatic carbocycles. The van der Waals surface area contributed by atoms with E-state index in [1.54, 1.807) is 12.1 Å². The molecule has 0 unspecified atom stereocenters. The number of hydrogen-bond acceptors (Lipinski definition) is 2. The number of hydrogen-bond donors (Lipinski definition) is 2. The van der Waals surface area contributed by atoms with Gasteiger partial charge in [-0.25, -0.2) is 0 Å². The zero-order valence-corrected chi connectivity index (χ0v) is 14.2. The molecule has 3 rings (SSSR count). The summed E-state index contributed by atoms with van der Waals surface area (Å²) in [5.41, 5.74) is 4.80. The second kappa shape index (κ2) is 6.04. The van der Waals surface area contributed by atoms with E-state index in [1.165, 1.54) is 0 Å². The van der Waals surface area contributed by atoms with Crippen molar-refractivity contribution >= 4 is 0 Å². The van der Waals surface area contributed by atoms with E-state index in [9.17, 15) is 10.2 Å². The molecule has 3 aromatic carbocycles. The van der Waals surface area contributed by atoms with Crippen LogP contribution in [0.2, 0.25) is 0 Å². The van der Waals surface area contributed by atoms with E-state index < -0.39 is 0 Å². The minimum absolute atomic E-state index is 0.105. The fourth-order valence-corrected chi connectivity index (χ4v) is 2.88. The Balaban J connectivity index is 1.98. The van der Waals surface area contributed by atoms with Crippen molar-refractivity contribution in [3.8, 4) is 33.8 Å². The molecule has 0 saturated heterocycles. The summed E-state index contributed by atoms with van der Waals surface area (Å²) in [5.74, 6) is 0.613. The van der Waals surface area contributed by atoms with Gasteiger partial charge in [0.15, 0.2) is 0 Å². The molecule has 0 aliphatic heterocycles. The molecule has 0 aliphatic rings. The van der Waals surface area contributed by atoms with Gasteiger partial charge >= 0.3 is 0 Å². The molecule has 3 aromatic rings. The lowest BCUT2D eigenvalue weighted by molar-refractivity contribution is 0.448. The van der Waals surface area contributed by atoms with Crippen molar-refractivity contribution in [3.05, 3.63) is 72.3 Å². The highest BCUT2D eigenvalue weighted by Gasteiger charge is 2.20. The molecule has 0 heterocycles. The molecule has 2 heteroatoms. The van der Waals surface area contributed by atoms with Crippen LogP contribution in [0, 0.1) is 0 Å². The van der Waals surface area contributed by atoms with E-state index in [4.69, 9.17) is 0 Å². The third-order valence-electron chi connectivity index (χ3n) is 4.24. The molecular weight excluding hydrogens is 296 g/mol. The molecule has 0 radical (unpaired) electrons. The molecule has 2 N–H and O–H groups in total. The molecule has 24 heavy (non-hydrogen) atoms. The lowest BCUT2D eigenvalue weighted by Gasteiger charge is -2.22. The van der Waals surface area contributed by atoms with E-state index in [0.29, 0.717) is 5.75 Å². The van der Waals surface area contributed by atoms with Crippen molar-refractivity contribution in [2.24, 2.45) is 0 Å². The summed E-state index contributed by atoms with van der Waals surface area (Å²) in [4.78, 5) is 0. The predicted octanol–water partition coefficient (Wildman–Crippen LogP) is 5.73. The zero-order valence-electron chi connectivity index (χ0n) is 14.2. The Bertz CT molecular complexity index is 839. The van der Waals surface area contributed by atoms with Gasteiger partial charge in [-0.1, -0.05) is 75.4 Å². The zero-order chi connectivity index (χ0) is 17.3. The van der Waals surface area contributed by atoms with Gasteiger partial charge in [0.1, 0.15) is 11.5 Å². The standard InChI is InChI=1S/C22H22O2/c1-22(2,3)20-6-4-5-19(21(20)24)17-9-7-15(8-10-17)16-11-13-18(23)14-12-16/h4-14,23-24H,1-3H3. The number of phenols is 2. The number of para-hydroxylation sites is 1. The molecule has 0 fully saturated rings. The van der Waals surface area contributed by atoms with Crippen molar-refractivity contribution in [2.75, 3.05) is 0 Å². The lowest BCUT2D eigenvalue weighted by atomic mass is 9.84. The third kappa shape index (κ3) is 3.13. The Morgan fingerprint density at radius 2 is 1.12 bits per heavy atom. The molecule has 0 aromatic heterocycles. The van der Waals surface area contributed by atoms with Crippen LogP contribution >= 0.6 is 0 Å². The number of benzene rings is 3. The van der Waals surface area contributed by atoms with Crippen LogP contribution in [0.25, 0.3) is 22.3 Å². The largest absolute Gasteiger partial charge is 0.508 e. The maximum atomic E-state index is 10.7. The maximum absolute atomic E-state index is 10.7. The minimum Gasteiger partial charge on any atom is -0.508 e. The van der Waals surface area contributed by atoms with Crippen LogP contribution in [0.4, 0.5) is 0 Å². The second-order valence-corrected chi connectivity index (χ2v) is 7.08. The van der Waals surface area contributed by atoms with Gasteiger partial charge < -0.3 is 10.2 Å². The summed E-state index contributed by atoms with van der Waals surface area (Å²) in [6.07, 6.45) is 0. The molecule has 2 nitrogen and oxygen atoms in total. The number of phenolic OH excluding ortho intramolecular Hbond substituents is 2. The van der Waals surface area contributed by atoms with Crippen LogP contribution in [0.15, 0.2) is 66.7 Å². The summed E-state index contributed by atoms with van der Waals surface area (Å²) < 4.78 is 0. The summed E-state index contributed by atoms with van der Waals surface area (Å²) in [6, 6.07) is 21.2. The van der Waals surface area contributed by atoms with Crippen LogP contribution in [0.5, 0.6) is 11.5 Å². The fourth-order valence-electron chi connectivity index (χ4n) is 2.88. The normalized spacial score (nSPS) is 11.5. The van der Waals surface area contributed by atoms with Crippen LogP contribution in [-0.2, 0) is 5.41 Å². The van der Waals surface area contributed by atoms with Gasteiger partial charge in [-0.2, -0.15) is 0 Å². The van der Waals surface area contributed by atoms with Crippen molar-refractivity contribution in [3.63, 3.8) is 0 Å². The molecule has 122 valence electrons. The smallest absolute Gasteiger partial charge is 0.127 e. The van der Waals surface area contributed by atoms with Crippen LogP contribution < -0.4 is 0 Å². The molecular formula is C22H22O2. The number of rotatable bonds is 2.